The van der Waals surface area contributed by atoms with Gasteiger partial charge in [-0.2, -0.15) is 0 Å². The highest BCUT2D eigenvalue weighted by Crippen LogP contribution is 2.34. The summed E-state index contributed by atoms with van der Waals surface area (Å²) < 4.78 is 13.3. The average molecular weight is 249 g/mol. The fraction of sp³-hybridized carbons (Fsp3) is 0.462. The first-order valence-electron chi connectivity index (χ1n) is 6.25. The quantitative estimate of drug-likeness (QED) is 0.775. The largest absolute Gasteiger partial charge is 0.339 e. The van der Waals surface area contributed by atoms with Crippen LogP contribution in [-0.2, 0) is 4.79 Å². The van der Waals surface area contributed by atoms with Gasteiger partial charge in [-0.05, 0) is 44.1 Å². The number of nitrogens with zero attached hydrogens (tertiary/aromatic N) is 1. The van der Waals surface area contributed by atoms with E-state index in [1.165, 1.54) is 12.1 Å². The van der Waals surface area contributed by atoms with E-state index in [4.69, 9.17) is 0 Å². The normalized spacial score (nSPS) is 22.3. The third kappa shape index (κ3) is 1.66. The van der Waals surface area contributed by atoms with E-state index in [0.717, 1.165) is 31.6 Å². The standard InChI is InChI=1S/C13H16FN3O/c14-10-2-1-3-11(8-10)17-9-16-12(18)13(17)4-6-15-7-5-13/h1-3,8,15H,4-7,9H2,(H,16,18). The van der Waals surface area contributed by atoms with Crippen molar-refractivity contribution in [1.82, 2.24) is 10.6 Å². The van der Waals surface area contributed by atoms with Crippen LogP contribution in [0.25, 0.3) is 0 Å². The van der Waals surface area contributed by atoms with Gasteiger partial charge in [-0.15, -0.1) is 0 Å². The minimum atomic E-state index is -0.501. The maximum Gasteiger partial charge on any atom is 0.247 e. The number of rotatable bonds is 1. The Balaban J connectivity index is 1.98. The molecular formula is C13H16FN3O. The molecule has 0 atom stereocenters. The van der Waals surface area contributed by atoms with Gasteiger partial charge in [0.2, 0.25) is 5.91 Å². The molecule has 2 aliphatic rings. The summed E-state index contributed by atoms with van der Waals surface area (Å²) in [6.45, 7) is 2.10. The van der Waals surface area contributed by atoms with Gasteiger partial charge in [0.05, 0.1) is 6.67 Å². The van der Waals surface area contributed by atoms with Crippen LogP contribution in [0, 0.1) is 5.82 Å². The van der Waals surface area contributed by atoms with Crippen molar-refractivity contribution in [3.63, 3.8) is 0 Å². The molecule has 0 radical (unpaired) electrons. The Bertz CT molecular complexity index is 471. The summed E-state index contributed by atoms with van der Waals surface area (Å²) in [5.41, 5.74) is 0.272. The number of hydrogen-bond donors (Lipinski definition) is 2. The molecule has 1 aromatic carbocycles. The van der Waals surface area contributed by atoms with Crippen molar-refractivity contribution in [2.75, 3.05) is 24.7 Å². The van der Waals surface area contributed by atoms with E-state index in [-0.39, 0.29) is 11.7 Å². The number of anilines is 1. The lowest BCUT2D eigenvalue weighted by Gasteiger charge is -2.40. The van der Waals surface area contributed by atoms with Gasteiger partial charge in [0.25, 0.3) is 0 Å². The molecule has 2 saturated heterocycles. The fourth-order valence-electron chi connectivity index (χ4n) is 2.91. The molecule has 2 heterocycles. The number of hydrogen-bond acceptors (Lipinski definition) is 3. The molecular weight excluding hydrogens is 233 g/mol. The lowest BCUT2D eigenvalue weighted by atomic mass is 9.86. The Morgan fingerprint density at radius 2 is 2.06 bits per heavy atom. The minimum absolute atomic E-state index is 0.0632. The molecule has 0 saturated carbocycles. The van der Waals surface area contributed by atoms with Crippen molar-refractivity contribution in [3.8, 4) is 0 Å². The van der Waals surface area contributed by atoms with Gasteiger partial charge in [0, 0.05) is 5.69 Å². The van der Waals surface area contributed by atoms with E-state index in [1.54, 1.807) is 6.07 Å². The molecule has 1 aromatic rings. The summed E-state index contributed by atoms with van der Waals surface area (Å²) in [4.78, 5) is 14.1. The summed E-state index contributed by atoms with van der Waals surface area (Å²) >= 11 is 0. The molecule has 0 aliphatic carbocycles. The monoisotopic (exact) mass is 249 g/mol. The van der Waals surface area contributed by atoms with Gasteiger partial charge < -0.3 is 15.5 Å². The van der Waals surface area contributed by atoms with Crippen molar-refractivity contribution >= 4 is 11.6 Å². The number of nitrogens with one attached hydrogen (secondary N) is 2. The lowest BCUT2D eigenvalue weighted by molar-refractivity contribution is -0.124. The second kappa shape index (κ2) is 4.24. The van der Waals surface area contributed by atoms with Gasteiger partial charge in [-0.25, -0.2) is 4.39 Å². The number of piperidine rings is 1. The molecule has 18 heavy (non-hydrogen) atoms. The summed E-state index contributed by atoms with van der Waals surface area (Å²) in [5.74, 6) is -0.204. The van der Waals surface area contributed by atoms with Gasteiger partial charge in [-0.1, -0.05) is 6.07 Å². The van der Waals surface area contributed by atoms with Crippen LogP contribution < -0.4 is 15.5 Å². The number of benzene rings is 1. The molecule has 0 bridgehead atoms. The molecule has 1 spiro atoms. The first-order valence-corrected chi connectivity index (χ1v) is 6.25. The second-order valence-electron chi connectivity index (χ2n) is 4.85. The predicted octanol–water partition coefficient (Wildman–Crippen LogP) is 0.842. The SMILES string of the molecule is O=C1NCN(c2cccc(F)c2)C12CCNCC2. The van der Waals surface area contributed by atoms with Crippen LogP contribution in [-0.4, -0.2) is 31.2 Å². The third-order valence-corrected chi connectivity index (χ3v) is 3.89. The summed E-state index contributed by atoms with van der Waals surface area (Å²) in [6, 6.07) is 6.45. The lowest BCUT2D eigenvalue weighted by Crippen LogP contribution is -2.55. The molecule has 0 unspecified atom stereocenters. The van der Waals surface area contributed by atoms with E-state index >= 15 is 0 Å². The summed E-state index contributed by atoms with van der Waals surface area (Å²) in [5, 5.41) is 6.14. The van der Waals surface area contributed by atoms with Crippen LogP contribution in [0.5, 0.6) is 0 Å². The zero-order chi connectivity index (χ0) is 12.6. The topological polar surface area (TPSA) is 44.4 Å². The molecule has 3 rings (SSSR count). The molecule has 96 valence electrons. The van der Waals surface area contributed by atoms with Gasteiger partial charge in [-0.3, -0.25) is 4.79 Å². The predicted molar refractivity (Wildman–Crippen MR) is 66.7 cm³/mol. The van der Waals surface area contributed by atoms with Crippen molar-refractivity contribution in [1.29, 1.82) is 0 Å². The molecule has 1 amide bonds. The highest BCUT2D eigenvalue weighted by Gasteiger charge is 2.49. The first-order chi connectivity index (χ1) is 8.72. The Hall–Kier alpha value is -1.62. The van der Waals surface area contributed by atoms with Crippen LogP contribution in [0.3, 0.4) is 0 Å². The highest BCUT2D eigenvalue weighted by molar-refractivity contribution is 5.93. The second-order valence-corrected chi connectivity index (χ2v) is 4.85. The molecule has 5 heteroatoms. The van der Waals surface area contributed by atoms with E-state index in [9.17, 15) is 9.18 Å². The van der Waals surface area contributed by atoms with Gasteiger partial charge in [0.1, 0.15) is 11.4 Å². The maximum atomic E-state index is 13.3. The maximum absolute atomic E-state index is 13.3. The van der Waals surface area contributed by atoms with Gasteiger partial charge >= 0.3 is 0 Å². The van der Waals surface area contributed by atoms with Crippen molar-refractivity contribution in [3.05, 3.63) is 30.1 Å². The van der Waals surface area contributed by atoms with E-state index in [2.05, 4.69) is 10.6 Å². The molecule has 2 N–H and O–H groups in total. The van der Waals surface area contributed by atoms with Crippen LogP contribution >= 0.6 is 0 Å². The summed E-state index contributed by atoms with van der Waals surface area (Å²) in [6.07, 6.45) is 1.52. The fourth-order valence-corrected chi connectivity index (χ4v) is 2.91. The Morgan fingerprint density at radius 1 is 1.28 bits per heavy atom. The smallest absolute Gasteiger partial charge is 0.247 e. The Kier molecular flexibility index (Phi) is 2.70. The number of amides is 1. The molecule has 0 aromatic heterocycles. The van der Waals surface area contributed by atoms with E-state index < -0.39 is 5.54 Å². The van der Waals surface area contributed by atoms with Crippen LogP contribution in [0.2, 0.25) is 0 Å². The average Bonchev–Trinajstić information content (AvgIpc) is 2.68. The Labute approximate surface area is 105 Å². The minimum Gasteiger partial charge on any atom is -0.339 e. The molecule has 2 aliphatic heterocycles. The first kappa shape index (κ1) is 11.5. The molecule has 4 nitrogen and oxygen atoms in total. The Morgan fingerprint density at radius 3 is 2.78 bits per heavy atom. The van der Waals surface area contributed by atoms with Crippen molar-refractivity contribution in [2.24, 2.45) is 0 Å². The zero-order valence-corrected chi connectivity index (χ0v) is 10.1. The van der Waals surface area contributed by atoms with E-state index in [0.29, 0.717) is 6.67 Å². The third-order valence-electron chi connectivity index (χ3n) is 3.89. The summed E-state index contributed by atoms with van der Waals surface area (Å²) in [7, 11) is 0. The van der Waals surface area contributed by atoms with Crippen molar-refractivity contribution < 1.29 is 9.18 Å². The highest BCUT2D eigenvalue weighted by atomic mass is 19.1. The van der Waals surface area contributed by atoms with Crippen LogP contribution in [0.4, 0.5) is 10.1 Å². The van der Waals surface area contributed by atoms with Crippen molar-refractivity contribution in [2.45, 2.75) is 18.4 Å². The van der Waals surface area contributed by atoms with Crippen LogP contribution in [0.15, 0.2) is 24.3 Å². The van der Waals surface area contributed by atoms with Gasteiger partial charge in [0.15, 0.2) is 0 Å². The number of halogens is 1. The molecule has 2 fully saturated rings. The zero-order valence-electron chi connectivity index (χ0n) is 10.1. The van der Waals surface area contributed by atoms with Crippen LogP contribution in [0.1, 0.15) is 12.8 Å². The number of carbonyl (C=O) groups excluding carboxylic acids is 1. The number of carbonyl (C=O) groups is 1. The van der Waals surface area contributed by atoms with E-state index in [1.807, 2.05) is 11.0 Å².